The van der Waals surface area contributed by atoms with Crippen molar-refractivity contribution in [2.75, 3.05) is 31.7 Å². The summed E-state index contributed by atoms with van der Waals surface area (Å²) < 4.78 is 18.0. The van der Waals surface area contributed by atoms with E-state index in [2.05, 4.69) is 18.5 Å². The maximum Gasteiger partial charge on any atom is 0.313 e. The minimum atomic E-state index is -1.29. The summed E-state index contributed by atoms with van der Waals surface area (Å²) in [5.74, 6) is -2.97. The van der Waals surface area contributed by atoms with Crippen LogP contribution >= 0.6 is 0 Å². The monoisotopic (exact) mass is 659 g/mol. The molecule has 2 aromatic rings. The topological polar surface area (TPSA) is 135 Å². The predicted octanol–water partition coefficient (Wildman–Crippen LogP) is 3.73. The van der Waals surface area contributed by atoms with Gasteiger partial charge in [-0.2, -0.15) is 0 Å². The van der Waals surface area contributed by atoms with Crippen LogP contribution in [-0.2, 0) is 28.7 Å². The lowest BCUT2D eigenvalue weighted by atomic mass is 9.70. The van der Waals surface area contributed by atoms with Gasteiger partial charge in [-0.15, -0.1) is 13.2 Å². The fourth-order valence-corrected chi connectivity index (χ4v) is 7.45. The van der Waals surface area contributed by atoms with Crippen molar-refractivity contribution in [3.8, 4) is 5.75 Å². The van der Waals surface area contributed by atoms with E-state index in [1.807, 2.05) is 37.3 Å². The van der Waals surface area contributed by atoms with Crippen LogP contribution in [0.5, 0.6) is 5.75 Å². The number of esters is 1. The normalized spacial score (nSPS) is 25.1. The van der Waals surface area contributed by atoms with Gasteiger partial charge in [-0.25, -0.2) is 0 Å². The number of carbonyl (C=O) groups is 4. The molecule has 48 heavy (non-hydrogen) atoms. The van der Waals surface area contributed by atoms with Gasteiger partial charge in [0, 0.05) is 18.7 Å². The van der Waals surface area contributed by atoms with Crippen molar-refractivity contribution in [2.45, 2.75) is 68.9 Å². The summed E-state index contributed by atoms with van der Waals surface area (Å²) in [5, 5.41) is 13.2. The molecule has 3 aliphatic heterocycles. The fourth-order valence-electron chi connectivity index (χ4n) is 7.45. The average molecular weight is 660 g/mol. The number of nitrogens with zero attached hydrogens (tertiary/aromatic N) is 2. The molecule has 0 radical (unpaired) electrons. The number of hydrogen-bond acceptors (Lipinski definition) is 8. The lowest BCUT2D eigenvalue weighted by Crippen LogP contribution is -2.59. The van der Waals surface area contributed by atoms with Gasteiger partial charge in [0.25, 0.3) is 5.91 Å². The predicted molar refractivity (Wildman–Crippen MR) is 179 cm³/mol. The summed E-state index contributed by atoms with van der Waals surface area (Å²) in [6, 6.07) is 14.3. The maximum absolute atomic E-state index is 14.7. The lowest BCUT2D eigenvalue weighted by Gasteiger charge is -2.39. The third kappa shape index (κ3) is 6.49. The van der Waals surface area contributed by atoms with Gasteiger partial charge in [0.2, 0.25) is 11.8 Å². The van der Waals surface area contributed by atoms with Gasteiger partial charge in [-0.3, -0.25) is 19.2 Å². The van der Waals surface area contributed by atoms with Crippen LogP contribution in [0.2, 0.25) is 0 Å². The second kappa shape index (κ2) is 15.2. The number of fused-ring (bicyclic) bond motifs is 1. The van der Waals surface area contributed by atoms with Crippen molar-refractivity contribution in [2.24, 2.45) is 11.8 Å². The highest BCUT2D eigenvalue weighted by molar-refractivity contribution is 6.05. The number of carbonyl (C=O) groups excluding carboxylic acids is 4. The number of benzene rings is 2. The molecule has 2 aromatic carbocycles. The molecule has 7 atom stereocenters. The summed E-state index contributed by atoms with van der Waals surface area (Å²) in [6.45, 7) is 9.18. The molecule has 3 aliphatic rings. The van der Waals surface area contributed by atoms with Crippen LogP contribution in [0.3, 0.4) is 0 Å². The highest BCUT2D eigenvalue weighted by atomic mass is 16.6. The molecule has 1 spiro atoms. The van der Waals surface area contributed by atoms with Gasteiger partial charge in [0.15, 0.2) is 0 Å². The summed E-state index contributed by atoms with van der Waals surface area (Å²) >= 11 is 0. The number of allylic oxidation sites excluding steroid dienone is 1. The molecule has 3 heterocycles. The third-order valence-corrected chi connectivity index (χ3v) is 9.77. The van der Waals surface area contributed by atoms with E-state index < -0.39 is 53.6 Å². The van der Waals surface area contributed by atoms with Crippen LogP contribution in [-0.4, -0.2) is 84.3 Å². The molecule has 2 bridgehead atoms. The minimum Gasteiger partial charge on any atom is -0.497 e. The first-order valence-corrected chi connectivity index (χ1v) is 16.5. The number of anilines is 1. The molecular formula is C37H45N3O8. The van der Waals surface area contributed by atoms with E-state index in [1.54, 1.807) is 48.4 Å². The number of methoxy groups -OCH3 is 1. The van der Waals surface area contributed by atoms with Crippen LogP contribution in [0.15, 0.2) is 79.9 Å². The Labute approximate surface area is 281 Å². The number of aliphatic hydroxyl groups excluding tert-OH is 1. The third-order valence-electron chi connectivity index (χ3n) is 9.77. The molecule has 11 heteroatoms. The molecule has 5 rings (SSSR count). The highest BCUT2D eigenvalue weighted by Crippen LogP contribution is 2.59. The maximum atomic E-state index is 14.7. The fraction of sp³-hybridized carbons (Fsp3) is 0.459. The van der Waals surface area contributed by atoms with Crippen molar-refractivity contribution in [1.29, 1.82) is 0 Å². The number of aliphatic hydroxyl groups is 1. The molecule has 0 saturated carbocycles. The summed E-state index contributed by atoms with van der Waals surface area (Å²) in [6.07, 6.45) is 3.82. The zero-order valence-electron chi connectivity index (χ0n) is 27.6. The number of likely N-dealkylation sites (tertiary alicyclic amines) is 1. The van der Waals surface area contributed by atoms with Crippen molar-refractivity contribution in [1.82, 2.24) is 10.2 Å². The van der Waals surface area contributed by atoms with Gasteiger partial charge in [-0.1, -0.05) is 49.4 Å². The van der Waals surface area contributed by atoms with Crippen LogP contribution in [0.1, 0.15) is 50.7 Å². The number of ether oxygens (including phenoxy) is 3. The first-order chi connectivity index (χ1) is 23.2. The van der Waals surface area contributed by atoms with Crippen molar-refractivity contribution in [3.05, 3.63) is 85.5 Å². The van der Waals surface area contributed by atoms with E-state index in [9.17, 15) is 24.3 Å². The first-order valence-electron chi connectivity index (χ1n) is 16.5. The Bertz CT molecular complexity index is 1490. The molecule has 0 unspecified atom stereocenters. The lowest BCUT2D eigenvalue weighted by molar-refractivity contribution is -0.161. The van der Waals surface area contributed by atoms with E-state index >= 15 is 0 Å². The quantitative estimate of drug-likeness (QED) is 0.206. The standard InChI is InChI=1S/C37H45N3O8/c1-5-8-14-30(42)38-22-29(24-12-10-9-11-13-24)47-36(45)31-28-19-20-37(48-28)32(31)34(43)40(25(7-3)23-41)33(37)35(44)39(21-6-2)26-15-17-27(46-4)18-16-26/h5-6,9-13,15-18,25,28-29,31-33,41H,1-2,7-8,14,19-23H2,3-4H3,(H,38,42)/t25-,28+,29-,31-,32-,33+,37-/m0/s1. The van der Waals surface area contributed by atoms with E-state index in [-0.39, 0.29) is 37.9 Å². The largest absolute Gasteiger partial charge is 0.497 e. The highest BCUT2D eigenvalue weighted by Gasteiger charge is 2.75. The van der Waals surface area contributed by atoms with Gasteiger partial charge in [0.05, 0.1) is 44.2 Å². The summed E-state index contributed by atoms with van der Waals surface area (Å²) in [5.41, 5.74) is -0.0284. The van der Waals surface area contributed by atoms with Gasteiger partial charge in [-0.05, 0) is 55.5 Å². The molecule has 3 saturated heterocycles. The molecular weight excluding hydrogens is 614 g/mol. The molecule has 3 amide bonds. The Kier molecular flexibility index (Phi) is 11.0. The molecule has 0 aromatic heterocycles. The van der Waals surface area contributed by atoms with Crippen molar-refractivity contribution < 1.29 is 38.5 Å². The van der Waals surface area contributed by atoms with Crippen LogP contribution < -0.4 is 15.0 Å². The molecule has 0 aliphatic carbocycles. The number of nitrogens with one attached hydrogen (secondary N) is 1. The van der Waals surface area contributed by atoms with Crippen molar-refractivity contribution in [3.63, 3.8) is 0 Å². The average Bonchev–Trinajstić information content (AvgIpc) is 3.76. The smallest absolute Gasteiger partial charge is 0.313 e. The van der Waals surface area contributed by atoms with Gasteiger partial charge in [0.1, 0.15) is 23.5 Å². The molecule has 3 fully saturated rings. The first kappa shape index (κ1) is 34.8. The van der Waals surface area contributed by atoms with Crippen LogP contribution in [0.4, 0.5) is 5.69 Å². The van der Waals surface area contributed by atoms with E-state index in [0.29, 0.717) is 42.7 Å². The zero-order valence-corrected chi connectivity index (χ0v) is 27.6. The SMILES string of the molecule is C=CCCC(=O)NC[C@H](OC(=O)[C@@H]1[C@H]2C(=O)N([C@@H](CC)CO)[C@H](C(=O)N(CC=C)c3ccc(OC)cc3)[C@]23CC[C@H]1O3)c1ccccc1. The minimum absolute atomic E-state index is 0.0434. The van der Waals surface area contributed by atoms with E-state index in [1.165, 1.54) is 4.90 Å². The second-order valence-corrected chi connectivity index (χ2v) is 12.4. The Hall–Kier alpha value is -4.48. The Morgan fingerprint density at radius 2 is 1.88 bits per heavy atom. The Morgan fingerprint density at radius 3 is 2.50 bits per heavy atom. The van der Waals surface area contributed by atoms with Crippen LogP contribution in [0, 0.1) is 11.8 Å². The molecule has 2 N–H and O–H groups in total. The van der Waals surface area contributed by atoms with E-state index in [0.717, 1.165) is 0 Å². The van der Waals surface area contributed by atoms with E-state index in [4.69, 9.17) is 14.2 Å². The summed E-state index contributed by atoms with van der Waals surface area (Å²) in [7, 11) is 1.56. The molecule has 11 nitrogen and oxygen atoms in total. The van der Waals surface area contributed by atoms with Gasteiger partial charge >= 0.3 is 5.97 Å². The summed E-state index contributed by atoms with van der Waals surface area (Å²) in [4.78, 5) is 58.8. The second-order valence-electron chi connectivity index (χ2n) is 12.4. The van der Waals surface area contributed by atoms with Crippen molar-refractivity contribution >= 4 is 29.4 Å². The van der Waals surface area contributed by atoms with Crippen LogP contribution in [0.25, 0.3) is 0 Å². The Balaban J connectivity index is 1.47. The van der Waals surface area contributed by atoms with Gasteiger partial charge < -0.3 is 34.4 Å². The number of amides is 3. The number of hydrogen-bond donors (Lipinski definition) is 2. The Morgan fingerprint density at radius 1 is 1.15 bits per heavy atom. The molecule has 256 valence electrons. The zero-order chi connectivity index (χ0) is 34.4. The number of rotatable bonds is 16.